The predicted molar refractivity (Wildman–Crippen MR) is 90.0 cm³/mol. The Morgan fingerprint density at radius 2 is 1.95 bits per heavy atom. The van der Waals surface area contributed by atoms with E-state index < -0.39 is 0 Å². The molecule has 1 atom stereocenters. The number of carbonyl (C=O) groups is 1. The van der Waals surface area contributed by atoms with Crippen molar-refractivity contribution in [3.05, 3.63) is 51.7 Å². The maximum atomic E-state index is 12.1. The molecule has 0 saturated carbocycles. The van der Waals surface area contributed by atoms with Crippen LogP contribution in [-0.4, -0.2) is 18.5 Å². The van der Waals surface area contributed by atoms with Gasteiger partial charge in [-0.05, 0) is 61.9 Å². The van der Waals surface area contributed by atoms with Crippen molar-refractivity contribution in [3.8, 4) is 0 Å². The van der Waals surface area contributed by atoms with Crippen LogP contribution < -0.4 is 10.6 Å². The molecule has 2 N–H and O–H groups in total. The minimum absolute atomic E-state index is 0.0331. The Kier molecular flexibility index (Phi) is 5.39. The van der Waals surface area contributed by atoms with E-state index in [0.29, 0.717) is 6.54 Å². The average molecular weight is 302 g/mol. The number of carbonyl (C=O) groups excluding carboxylic acids is 1. The highest BCUT2D eigenvalue weighted by Crippen LogP contribution is 2.14. The van der Waals surface area contributed by atoms with E-state index in [9.17, 15) is 4.79 Å². The molecule has 1 amide bonds. The van der Waals surface area contributed by atoms with Crippen LogP contribution in [0.5, 0.6) is 0 Å². The van der Waals surface area contributed by atoms with Crippen LogP contribution >= 0.6 is 11.3 Å². The first-order chi connectivity index (χ1) is 10.0. The lowest BCUT2D eigenvalue weighted by Crippen LogP contribution is -2.38. The van der Waals surface area contributed by atoms with E-state index in [4.69, 9.17) is 0 Å². The smallest absolute Gasteiger partial charge is 0.242 e. The molecule has 0 fully saturated rings. The van der Waals surface area contributed by atoms with Crippen LogP contribution in [0.1, 0.15) is 22.9 Å². The topological polar surface area (TPSA) is 41.1 Å². The van der Waals surface area contributed by atoms with Gasteiger partial charge in [-0.2, -0.15) is 0 Å². The van der Waals surface area contributed by atoms with Crippen molar-refractivity contribution in [2.45, 2.75) is 33.2 Å². The maximum absolute atomic E-state index is 12.1. The van der Waals surface area contributed by atoms with Crippen LogP contribution in [0.15, 0.2) is 35.7 Å². The van der Waals surface area contributed by atoms with Gasteiger partial charge in [0.1, 0.15) is 6.04 Å². The molecule has 3 nitrogen and oxygen atoms in total. The number of thiophene rings is 1. The molecular weight excluding hydrogens is 280 g/mol. The third kappa shape index (κ3) is 4.90. The molecule has 4 heteroatoms. The molecule has 1 unspecified atom stereocenters. The molecule has 2 rings (SSSR count). The molecule has 112 valence electrons. The molecule has 0 bridgehead atoms. The van der Waals surface area contributed by atoms with Gasteiger partial charge in [-0.15, -0.1) is 11.3 Å². The summed E-state index contributed by atoms with van der Waals surface area (Å²) in [6.07, 6.45) is 0.889. The highest BCUT2D eigenvalue weighted by Gasteiger charge is 2.12. The highest BCUT2D eigenvalue weighted by molar-refractivity contribution is 7.09. The van der Waals surface area contributed by atoms with Crippen molar-refractivity contribution in [2.75, 3.05) is 11.9 Å². The summed E-state index contributed by atoms with van der Waals surface area (Å²) in [6, 6.07) is 10.1. The highest BCUT2D eigenvalue weighted by atomic mass is 32.1. The van der Waals surface area contributed by atoms with Crippen LogP contribution in [0.2, 0.25) is 0 Å². The molecule has 1 aromatic carbocycles. The number of amides is 1. The third-order valence-electron chi connectivity index (χ3n) is 3.25. The summed E-state index contributed by atoms with van der Waals surface area (Å²) in [6.45, 7) is 6.68. The standard InChI is InChI=1S/C17H22N2OS/c1-12-9-13(2)11-15(10-12)19-14(3)17(20)18-7-6-16-5-4-8-21-16/h4-5,8-11,14,19H,6-7H2,1-3H3,(H,18,20). The molecule has 1 aromatic heterocycles. The zero-order valence-corrected chi connectivity index (χ0v) is 13.6. The number of hydrogen-bond acceptors (Lipinski definition) is 3. The zero-order valence-electron chi connectivity index (χ0n) is 12.8. The molecule has 0 saturated heterocycles. The number of aryl methyl sites for hydroxylation is 2. The second-order valence-corrected chi connectivity index (χ2v) is 6.40. The molecule has 21 heavy (non-hydrogen) atoms. The first kappa shape index (κ1) is 15.6. The summed E-state index contributed by atoms with van der Waals surface area (Å²) in [4.78, 5) is 13.4. The van der Waals surface area contributed by atoms with Gasteiger partial charge in [0.05, 0.1) is 0 Å². The van der Waals surface area contributed by atoms with E-state index in [2.05, 4.69) is 54.1 Å². The summed E-state index contributed by atoms with van der Waals surface area (Å²) in [5.74, 6) is 0.0331. The first-order valence-corrected chi connectivity index (χ1v) is 8.07. The van der Waals surface area contributed by atoms with E-state index in [1.807, 2.05) is 13.0 Å². The molecule has 0 radical (unpaired) electrons. The Morgan fingerprint density at radius 3 is 2.57 bits per heavy atom. The summed E-state index contributed by atoms with van der Waals surface area (Å²) >= 11 is 1.72. The summed E-state index contributed by atoms with van der Waals surface area (Å²) in [5.41, 5.74) is 3.39. The van der Waals surface area contributed by atoms with Crippen molar-refractivity contribution in [2.24, 2.45) is 0 Å². The molecule has 1 heterocycles. The van der Waals surface area contributed by atoms with E-state index in [1.54, 1.807) is 11.3 Å². The van der Waals surface area contributed by atoms with E-state index >= 15 is 0 Å². The minimum Gasteiger partial charge on any atom is -0.374 e. The second kappa shape index (κ2) is 7.27. The summed E-state index contributed by atoms with van der Waals surface area (Å²) in [7, 11) is 0. The lowest BCUT2D eigenvalue weighted by molar-refractivity contribution is -0.121. The Labute approximate surface area is 130 Å². The number of hydrogen-bond donors (Lipinski definition) is 2. The van der Waals surface area contributed by atoms with Gasteiger partial charge in [-0.1, -0.05) is 12.1 Å². The monoisotopic (exact) mass is 302 g/mol. The van der Waals surface area contributed by atoms with Gasteiger partial charge in [-0.3, -0.25) is 4.79 Å². The van der Waals surface area contributed by atoms with Gasteiger partial charge in [-0.25, -0.2) is 0 Å². The largest absolute Gasteiger partial charge is 0.374 e. The Morgan fingerprint density at radius 1 is 1.24 bits per heavy atom. The van der Waals surface area contributed by atoms with E-state index in [0.717, 1.165) is 12.1 Å². The summed E-state index contributed by atoms with van der Waals surface area (Å²) in [5, 5.41) is 8.29. The fourth-order valence-electron chi connectivity index (χ4n) is 2.29. The van der Waals surface area contributed by atoms with Crippen LogP contribution in [0, 0.1) is 13.8 Å². The van der Waals surface area contributed by atoms with Gasteiger partial charge >= 0.3 is 0 Å². The lowest BCUT2D eigenvalue weighted by atomic mass is 10.1. The number of rotatable bonds is 6. The van der Waals surface area contributed by atoms with Gasteiger partial charge in [0.25, 0.3) is 0 Å². The number of anilines is 1. The number of nitrogens with one attached hydrogen (secondary N) is 2. The molecule has 0 aliphatic carbocycles. The number of benzene rings is 1. The molecule has 0 spiro atoms. The van der Waals surface area contributed by atoms with Gasteiger partial charge in [0.2, 0.25) is 5.91 Å². The van der Waals surface area contributed by atoms with Crippen LogP contribution in [0.3, 0.4) is 0 Å². The predicted octanol–water partition coefficient (Wildman–Crippen LogP) is 3.52. The van der Waals surface area contributed by atoms with Gasteiger partial charge < -0.3 is 10.6 Å². The van der Waals surface area contributed by atoms with Crippen molar-refractivity contribution < 1.29 is 4.79 Å². The zero-order chi connectivity index (χ0) is 15.2. The maximum Gasteiger partial charge on any atom is 0.242 e. The minimum atomic E-state index is -0.241. The normalized spacial score (nSPS) is 12.0. The SMILES string of the molecule is Cc1cc(C)cc(NC(C)C(=O)NCCc2cccs2)c1. The van der Waals surface area contributed by atoms with Gasteiger partial charge in [0.15, 0.2) is 0 Å². The fourth-order valence-corrected chi connectivity index (χ4v) is 3.00. The molecule has 2 aromatic rings. The van der Waals surface area contributed by atoms with Crippen molar-refractivity contribution in [1.29, 1.82) is 0 Å². The third-order valence-corrected chi connectivity index (χ3v) is 4.19. The van der Waals surface area contributed by atoms with Crippen LogP contribution in [0.4, 0.5) is 5.69 Å². The second-order valence-electron chi connectivity index (χ2n) is 5.36. The lowest BCUT2D eigenvalue weighted by Gasteiger charge is -2.16. The van der Waals surface area contributed by atoms with Crippen molar-refractivity contribution in [3.63, 3.8) is 0 Å². The molecule has 0 aliphatic rings. The Balaban J connectivity index is 1.81. The summed E-state index contributed by atoms with van der Waals surface area (Å²) < 4.78 is 0. The Hall–Kier alpha value is -1.81. The van der Waals surface area contributed by atoms with E-state index in [-0.39, 0.29) is 11.9 Å². The Bertz CT molecular complexity index is 573. The van der Waals surface area contributed by atoms with Crippen molar-refractivity contribution in [1.82, 2.24) is 5.32 Å². The van der Waals surface area contributed by atoms with Crippen LogP contribution in [-0.2, 0) is 11.2 Å². The quantitative estimate of drug-likeness (QED) is 0.857. The van der Waals surface area contributed by atoms with Crippen molar-refractivity contribution >= 4 is 22.9 Å². The average Bonchev–Trinajstić information content (AvgIpc) is 2.90. The van der Waals surface area contributed by atoms with Crippen LogP contribution in [0.25, 0.3) is 0 Å². The fraction of sp³-hybridized carbons (Fsp3) is 0.353. The first-order valence-electron chi connectivity index (χ1n) is 7.19. The molecule has 0 aliphatic heterocycles. The van der Waals surface area contributed by atoms with E-state index in [1.165, 1.54) is 16.0 Å². The van der Waals surface area contributed by atoms with Gasteiger partial charge in [0, 0.05) is 17.1 Å². The molecular formula is C17H22N2OS.